The van der Waals surface area contributed by atoms with E-state index in [1.807, 2.05) is 12.1 Å². The molecule has 1 aromatic heterocycles. The van der Waals surface area contributed by atoms with Crippen molar-refractivity contribution in [2.45, 2.75) is 0 Å². The summed E-state index contributed by atoms with van der Waals surface area (Å²) in [5.74, 6) is 0. The van der Waals surface area contributed by atoms with Crippen molar-refractivity contribution in [1.29, 1.82) is 0 Å². The Bertz CT molecular complexity index is 2780. The fourth-order valence-corrected chi connectivity index (χ4v) is 10.2. The van der Waals surface area contributed by atoms with Gasteiger partial charge in [0, 0.05) is 0 Å². The van der Waals surface area contributed by atoms with Crippen LogP contribution in [0.3, 0.4) is 0 Å². The van der Waals surface area contributed by atoms with Crippen molar-refractivity contribution in [3.8, 4) is 33.4 Å². The predicted molar refractivity (Wildman–Crippen MR) is 205 cm³/mol. The van der Waals surface area contributed by atoms with E-state index in [0.717, 1.165) is 21.5 Å². The molecular formula is C46H28Se. The van der Waals surface area contributed by atoms with Crippen LogP contribution in [0.4, 0.5) is 0 Å². The summed E-state index contributed by atoms with van der Waals surface area (Å²) in [6.07, 6.45) is 0. The fourth-order valence-electron chi connectivity index (χ4n) is 7.71. The van der Waals surface area contributed by atoms with Crippen molar-refractivity contribution in [3.63, 3.8) is 0 Å². The number of rotatable bonds is 3. The summed E-state index contributed by atoms with van der Waals surface area (Å²) in [6, 6.07) is 60.1. The Labute approximate surface area is 280 Å². The van der Waals surface area contributed by atoms with E-state index in [9.17, 15) is 0 Å². The second-order valence-electron chi connectivity index (χ2n) is 12.3. The topological polar surface area (TPSA) is 0 Å². The van der Waals surface area contributed by atoms with Crippen molar-refractivity contribution < 1.29 is 1.37 Å². The minimum absolute atomic E-state index is 0.162. The predicted octanol–water partition coefficient (Wildman–Crippen LogP) is 12.7. The first-order chi connectivity index (χ1) is 23.8. The van der Waals surface area contributed by atoms with Gasteiger partial charge in [-0.25, -0.2) is 0 Å². The first kappa shape index (κ1) is 25.7. The summed E-state index contributed by atoms with van der Waals surface area (Å²) in [5, 5.41) is 12.1. The van der Waals surface area contributed by atoms with Crippen molar-refractivity contribution in [2.75, 3.05) is 0 Å². The molecule has 0 spiro atoms. The molecule has 0 aliphatic carbocycles. The van der Waals surface area contributed by atoms with Crippen LogP contribution in [-0.4, -0.2) is 14.5 Å². The number of hydrogen-bond acceptors (Lipinski definition) is 0. The molecule has 0 fully saturated rings. The molecular weight excluding hydrogens is 631 g/mol. The Balaban J connectivity index is 1.27. The molecule has 0 saturated carbocycles. The van der Waals surface area contributed by atoms with Gasteiger partial charge in [0.15, 0.2) is 0 Å². The van der Waals surface area contributed by atoms with Gasteiger partial charge in [0.25, 0.3) is 0 Å². The van der Waals surface area contributed by atoms with E-state index in [4.69, 9.17) is 1.37 Å². The standard InChI is InChI=1S/C46H28Se/c1-2-13-29(14-3-1)43-35-19-8-10-21-37(35)45(38-22-11-9-20-36(38)43)40-24-12-23-39-41-28-32(25-26-42(41)47-46(39)40)44-33-17-6-4-15-30(33)27-31-16-5-7-18-34(31)44/h1-28H/i27D. The molecule has 1 heteroatoms. The van der Waals surface area contributed by atoms with Crippen LogP contribution in [0.1, 0.15) is 1.37 Å². The Morgan fingerprint density at radius 2 is 0.872 bits per heavy atom. The van der Waals surface area contributed by atoms with Crippen LogP contribution in [0.2, 0.25) is 0 Å². The number of benzene rings is 9. The third-order valence-corrected chi connectivity index (χ3v) is 12.3. The van der Waals surface area contributed by atoms with Gasteiger partial charge in [-0.15, -0.1) is 0 Å². The van der Waals surface area contributed by atoms with Crippen molar-refractivity contribution in [3.05, 3.63) is 170 Å². The van der Waals surface area contributed by atoms with E-state index < -0.39 is 0 Å². The Morgan fingerprint density at radius 3 is 1.51 bits per heavy atom. The second kappa shape index (κ2) is 10.5. The second-order valence-corrected chi connectivity index (χ2v) is 14.5. The molecule has 0 atom stereocenters. The van der Waals surface area contributed by atoms with Crippen LogP contribution in [0.5, 0.6) is 0 Å². The van der Waals surface area contributed by atoms with Gasteiger partial charge >= 0.3 is 281 Å². The summed E-state index contributed by atoms with van der Waals surface area (Å²) in [4.78, 5) is 0. The Kier molecular flexibility index (Phi) is 5.76. The molecule has 0 nitrogen and oxygen atoms in total. The van der Waals surface area contributed by atoms with Crippen LogP contribution >= 0.6 is 0 Å². The van der Waals surface area contributed by atoms with E-state index >= 15 is 0 Å². The molecule has 0 amide bonds. The zero-order valence-electron chi connectivity index (χ0n) is 26.5. The van der Waals surface area contributed by atoms with Gasteiger partial charge in [0.1, 0.15) is 0 Å². The van der Waals surface area contributed by atoms with Gasteiger partial charge in [-0.2, -0.15) is 0 Å². The molecule has 218 valence electrons. The van der Waals surface area contributed by atoms with E-state index in [0.29, 0.717) is 6.04 Å². The van der Waals surface area contributed by atoms with Gasteiger partial charge in [-0.3, -0.25) is 0 Å². The number of hydrogen-bond donors (Lipinski definition) is 0. The summed E-state index contributed by atoms with van der Waals surface area (Å²) >= 11 is 0.162. The Hall–Kier alpha value is -5.46. The molecule has 9 aromatic carbocycles. The summed E-state index contributed by atoms with van der Waals surface area (Å²) in [7, 11) is 0. The molecule has 47 heavy (non-hydrogen) atoms. The van der Waals surface area contributed by atoms with E-state index in [1.54, 1.807) is 0 Å². The Morgan fingerprint density at radius 1 is 0.362 bits per heavy atom. The molecule has 0 radical (unpaired) electrons. The SMILES string of the molecule is [2H]c1c2ccccc2c(-c2ccc3[se]c4c(-c5c6ccccc6c(-c6ccccc6)c6ccccc56)cccc4c3c2)c2ccccc12. The fraction of sp³-hybridized carbons (Fsp3) is 0. The molecule has 0 N–H and O–H groups in total. The maximum atomic E-state index is 9.00. The van der Waals surface area contributed by atoms with Crippen molar-refractivity contribution in [2.24, 2.45) is 0 Å². The molecule has 1 heterocycles. The monoisotopic (exact) mass is 661 g/mol. The minimum atomic E-state index is 0.162. The zero-order valence-corrected chi connectivity index (χ0v) is 27.2. The average molecular weight is 661 g/mol. The van der Waals surface area contributed by atoms with Crippen LogP contribution in [0, 0.1) is 0 Å². The van der Waals surface area contributed by atoms with Gasteiger partial charge in [0.2, 0.25) is 0 Å². The van der Waals surface area contributed by atoms with E-state index in [-0.39, 0.29) is 14.5 Å². The quantitative estimate of drug-likeness (QED) is 0.131. The molecule has 10 aromatic rings. The van der Waals surface area contributed by atoms with Gasteiger partial charge in [-0.05, 0) is 0 Å². The van der Waals surface area contributed by atoms with Crippen molar-refractivity contribution >= 4 is 76.9 Å². The first-order valence-corrected chi connectivity index (χ1v) is 17.8. The molecule has 0 saturated heterocycles. The van der Waals surface area contributed by atoms with Gasteiger partial charge in [-0.1, -0.05) is 0 Å². The molecule has 0 unspecified atom stereocenters. The van der Waals surface area contributed by atoms with E-state index in [1.165, 1.54) is 74.2 Å². The summed E-state index contributed by atoms with van der Waals surface area (Å²) in [6.45, 7) is 0. The van der Waals surface area contributed by atoms with Gasteiger partial charge < -0.3 is 0 Å². The summed E-state index contributed by atoms with van der Waals surface area (Å²) < 4.78 is 11.9. The molecule has 0 aliphatic rings. The zero-order chi connectivity index (χ0) is 31.8. The van der Waals surface area contributed by atoms with Crippen molar-refractivity contribution in [1.82, 2.24) is 0 Å². The normalized spacial score (nSPS) is 12.1. The molecule has 0 bridgehead atoms. The summed E-state index contributed by atoms with van der Waals surface area (Å²) in [5.41, 5.74) is 7.64. The van der Waals surface area contributed by atoms with E-state index in [2.05, 4.69) is 152 Å². The first-order valence-electron chi connectivity index (χ1n) is 16.6. The number of fused-ring (bicyclic) bond motifs is 7. The third kappa shape index (κ3) is 4.08. The van der Waals surface area contributed by atoms with Crippen LogP contribution in [0.15, 0.2) is 170 Å². The average Bonchev–Trinajstić information content (AvgIpc) is 3.53. The maximum absolute atomic E-state index is 9.00. The van der Waals surface area contributed by atoms with Crippen LogP contribution < -0.4 is 0 Å². The molecule has 0 aliphatic heterocycles. The van der Waals surface area contributed by atoms with Gasteiger partial charge in [0.05, 0.1) is 0 Å². The third-order valence-electron chi connectivity index (χ3n) is 9.71. The molecule has 10 rings (SSSR count). The van der Waals surface area contributed by atoms with Crippen LogP contribution in [-0.2, 0) is 0 Å². The van der Waals surface area contributed by atoms with Crippen LogP contribution in [0.25, 0.3) is 95.8 Å².